The summed E-state index contributed by atoms with van der Waals surface area (Å²) in [4.78, 5) is 28.2. The highest BCUT2D eigenvalue weighted by atomic mass is 16.5. The lowest BCUT2D eigenvalue weighted by Gasteiger charge is -2.72. The Hall–Kier alpha value is -3.44. The third kappa shape index (κ3) is 8.79. The van der Waals surface area contributed by atoms with Gasteiger partial charge in [0.2, 0.25) is 0 Å². The van der Waals surface area contributed by atoms with Gasteiger partial charge in [-0.05, 0) is 149 Å². The largest absolute Gasteiger partial charge is 0.462 e. The second kappa shape index (κ2) is 19.8. The zero-order valence-corrected chi connectivity index (χ0v) is 41.3. The van der Waals surface area contributed by atoms with Crippen LogP contribution in [0, 0.1) is 57.2 Å². The van der Waals surface area contributed by atoms with Crippen LogP contribution in [0.3, 0.4) is 0 Å². The van der Waals surface area contributed by atoms with E-state index in [2.05, 4.69) is 86.4 Å². The first-order valence-corrected chi connectivity index (χ1v) is 27.0. The highest BCUT2D eigenvalue weighted by Crippen LogP contribution is 2.72. The molecule has 2 aromatic rings. The molecule has 2 bridgehead atoms. The Morgan fingerprint density at radius 1 is 0.776 bits per heavy atom. The minimum absolute atomic E-state index is 0.00615. The zero-order valence-electron chi connectivity index (χ0n) is 41.3. The predicted octanol–water partition coefficient (Wildman–Crippen LogP) is 11.9. The molecule has 7 heteroatoms. The molecular formula is C60H82O7. The average Bonchev–Trinajstić information content (AvgIpc) is 3.79. The van der Waals surface area contributed by atoms with Crippen molar-refractivity contribution in [3.63, 3.8) is 0 Å². The van der Waals surface area contributed by atoms with E-state index in [0.29, 0.717) is 49.9 Å². The lowest BCUT2D eigenvalue weighted by molar-refractivity contribution is -0.339. The minimum atomic E-state index is -1.70. The second-order valence-corrected chi connectivity index (χ2v) is 23.8. The minimum Gasteiger partial charge on any atom is -0.462 e. The predicted molar refractivity (Wildman–Crippen MR) is 263 cm³/mol. The Morgan fingerprint density at radius 2 is 1.48 bits per heavy atom. The number of benzene rings is 2. The normalized spacial score (nSPS) is 37.3. The van der Waals surface area contributed by atoms with Crippen LogP contribution in [0.5, 0.6) is 0 Å². The molecule has 9 rings (SSSR count). The van der Waals surface area contributed by atoms with Crippen molar-refractivity contribution in [1.29, 1.82) is 0 Å². The van der Waals surface area contributed by atoms with Gasteiger partial charge in [-0.2, -0.15) is 0 Å². The summed E-state index contributed by atoms with van der Waals surface area (Å²) in [6.07, 6.45) is 20.3. The number of rotatable bonds is 14. The van der Waals surface area contributed by atoms with Gasteiger partial charge in [-0.1, -0.05) is 132 Å². The molecule has 0 amide bonds. The number of hydrogen-bond donors (Lipinski definition) is 3. The summed E-state index contributed by atoms with van der Waals surface area (Å²) in [6.45, 7) is 6.85. The third-order valence-electron chi connectivity index (χ3n) is 20.1. The molecule has 0 radical (unpaired) electrons. The molecule has 3 N–H and O–H groups in total. The maximum atomic E-state index is 15.8. The summed E-state index contributed by atoms with van der Waals surface area (Å²) in [5, 5.41) is 41.1. The Morgan fingerprint density at radius 3 is 2.19 bits per heavy atom. The van der Waals surface area contributed by atoms with E-state index in [1.54, 1.807) is 6.08 Å². The molecule has 11 atom stereocenters. The van der Waals surface area contributed by atoms with Gasteiger partial charge in [0.1, 0.15) is 12.7 Å². The van der Waals surface area contributed by atoms with E-state index in [4.69, 9.17) is 9.47 Å². The van der Waals surface area contributed by atoms with Crippen LogP contribution in [0.2, 0.25) is 0 Å². The van der Waals surface area contributed by atoms with Crippen molar-refractivity contribution in [3.05, 3.63) is 83.4 Å². The number of aliphatic hydroxyl groups excluding tert-OH is 2. The van der Waals surface area contributed by atoms with Gasteiger partial charge in [0, 0.05) is 24.8 Å². The van der Waals surface area contributed by atoms with Gasteiger partial charge in [0.25, 0.3) is 0 Å². The van der Waals surface area contributed by atoms with Crippen LogP contribution in [0.15, 0.2) is 72.3 Å². The van der Waals surface area contributed by atoms with Crippen LogP contribution in [-0.2, 0) is 30.9 Å². The molecule has 2 heterocycles. The number of esters is 2. The number of fused-ring (bicyclic) bond motifs is 4. The van der Waals surface area contributed by atoms with Gasteiger partial charge in [-0.15, -0.1) is 5.92 Å². The Labute approximate surface area is 402 Å². The molecule has 5 saturated carbocycles. The fourth-order valence-corrected chi connectivity index (χ4v) is 16.5. The van der Waals surface area contributed by atoms with Crippen molar-refractivity contribution in [3.8, 4) is 11.8 Å². The number of hydrogen-bond acceptors (Lipinski definition) is 7. The molecule has 67 heavy (non-hydrogen) atoms. The van der Waals surface area contributed by atoms with Crippen molar-refractivity contribution < 1.29 is 34.4 Å². The third-order valence-corrected chi connectivity index (χ3v) is 20.1. The lowest BCUT2D eigenvalue weighted by Crippen LogP contribution is -2.79. The molecule has 2 aliphatic heterocycles. The van der Waals surface area contributed by atoms with Gasteiger partial charge in [0.05, 0.1) is 34.1 Å². The quantitative estimate of drug-likeness (QED) is 0.128. The highest BCUT2D eigenvalue weighted by molar-refractivity contribution is 5.85. The first kappa shape index (κ1) is 48.6. The first-order chi connectivity index (χ1) is 32.3. The SMILES string of the molecule is CC(CCCc1ccccc1)CCC(O)C12C(O)CCC(C)(C3CCCCC3)C1C1CC(C)(C#CCC3(CCCC(C4(c5ccccc5)CCCCC4)C3)C(=O)O1)C2(O)CCC1=CC(=O)OC1. The average molecular weight is 915 g/mol. The van der Waals surface area contributed by atoms with Crippen molar-refractivity contribution >= 4 is 11.9 Å². The van der Waals surface area contributed by atoms with Crippen LogP contribution in [-0.4, -0.2) is 57.8 Å². The molecule has 7 nitrogen and oxygen atoms in total. The second-order valence-electron chi connectivity index (χ2n) is 23.8. The van der Waals surface area contributed by atoms with Crippen LogP contribution in [0.1, 0.15) is 186 Å². The van der Waals surface area contributed by atoms with E-state index in [1.807, 2.05) is 6.92 Å². The van der Waals surface area contributed by atoms with Gasteiger partial charge < -0.3 is 24.8 Å². The maximum Gasteiger partial charge on any atom is 0.331 e. The molecule has 1 spiro atoms. The van der Waals surface area contributed by atoms with Gasteiger partial charge in [-0.25, -0.2) is 4.79 Å². The molecule has 11 unspecified atom stereocenters. The Kier molecular flexibility index (Phi) is 14.3. The van der Waals surface area contributed by atoms with Crippen LogP contribution < -0.4 is 0 Å². The summed E-state index contributed by atoms with van der Waals surface area (Å²) in [5.74, 6) is 7.27. The van der Waals surface area contributed by atoms with E-state index < -0.39 is 51.5 Å². The summed E-state index contributed by atoms with van der Waals surface area (Å²) in [5.41, 5.74) is -2.01. The van der Waals surface area contributed by atoms with Gasteiger partial charge in [-0.3, -0.25) is 4.79 Å². The number of aryl methyl sites for hydroxylation is 1. The Bertz CT molecular complexity index is 2130. The van der Waals surface area contributed by atoms with Crippen molar-refractivity contribution in [2.45, 2.75) is 211 Å². The first-order valence-electron chi connectivity index (χ1n) is 27.0. The molecule has 5 fully saturated rings. The fourth-order valence-electron chi connectivity index (χ4n) is 16.5. The van der Waals surface area contributed by atoms with Gasteiger partial charge in [0.15, 0.2) is 0 Å². The van der Waals surface area contributed by atoms with Crippen molar-refractivity contribution in [1.82, 2.24) is 0 Å². The summed E-state index contributed by atoms with van der Waals surface area (Å²) < 4.78 is 12.7. The van der Waals surface area contributed by atoms with Crippen LogP contribution >= 0.6 is 0 Å². The number of carbonyl (C=O) groups is 2. The maximum absolute atomic E-state index is 15.8. The van der Waals surface area contributed by atoms with E-state index in [0.717, 1.165) is 102 Å². The molecule has 0 saturated heterocycles. The van der Waals surface area contributed by atoms with Crippen molar-refractivity contribution in [2.24, 2.45) is 45.3 Å². The number of ether oxygens (including phenoxy) is 2. The fraction of sp³-hybridized carbons (Fsp3) is 0.700. The summed E-state index contributed by atoms with van der Waals surface area (Å²) in [6, 6.07) is 21.7. The molecule has 0 aromatic heterocycles. The van der Waals surface area contributed by atoms with Gasteiger partial charge >= 0.3 is 11.9 Å². The smallest absolute Gasteiger partial charge is 0.331 e. The highest BCUT2D eigenvalue weighted by Gasteiger charge is 2.78. The molecular weight excluding hydrogens is 833 g/mol. The van der Waals surface area contributed by atoms with Crippen LogP contribution in [0.25, 0.3) is 0 Å². The zero-order chi connectivity index (χ0) is 46.9. The number of cyclic esters (lactones) is 1. The van der Waals surface area contributed by atoms with E-state index in [-0.39, 0.29) is 30.4 Å². The monoisotopic (exact) mass is 915 g/mol. The summed E-state index contributed by atoms with van der Waals surface area (Å²) >= 11 is 0. The molecule has 5 aliphatic carbocycles. The summed E-state index contributed by atoms with van der Waals surface area (Å²) in [7, 11) is 0. The molecule has 7 aliphatic rings. The molecule has 2 aromatic carbocycles. The van der Waals surface area contributed by atoms with E-state index in [9.17, 15) is 20.1 Å². The van der Waals surface area contributed by atoms with Crippen molar-refractivity contribution in [2.75, 3.05) is 6.61 Å². The van der Waals surface area contributed by atoms with Crippen LogP contribution in [0.4, 0.5) is 0 Å². The number of aliphatic hydroxyl groups is 3. The topological polar surface area (TPSA) is 113 Å². The lowest BCUT2D eigenvalue weighted by atomic mass is 9.35. The molecule has 364 valence electrons. The Balaban J connectivity index is 1.13. The van der Waals surface area contributed by atoms with E-state index in [1.165, 1.54) is 36.8 Å². The van der Waals surface area contributed by atoms with E-state index >= 15 is 4.79 Å². The standard InChI is InChI=1S/C60H82O7/c1-43(19-16-22-44-20-8-4-9-21-44)28-29-50(61)60-51(62)31-37-56(3,46-23-10-5-11-24-46)53(60)49-41-55(2,59(60,65)38-30-45-39-52(63)66-42-45)32-18-34-57(54(64)67-49)33-17-27-48(40-57)58(35-14-7-15-36-58)47-25-12-6-13-26-47/h4,6,8-9,12-13,20-21,25-26,39,43,46,48-51,53,61-62,65H,5,7,10-11,14-17,19,22-24,27-31,33-38,40-42H2,1-3H3. The number of carbonyl (C=O) groups excluding carboxylic acids is 2.